The largest absolute Gasteiger partial charge is 0.573 e. The standard InChI is InChI=1S/C7H4ClF3INO3S/c1-3-5(17(8,14)15)2-4(6(12)13-3)16-7(9,10)11/h2H,1H3. The summed E-state index contributed by atoms with van der Waals surface area (Å²) in [5, 5.41) is 0. The SMILES string of the molecule is Cc1nc(I)c(OC(F)(F)F)cc1S(=O)(=O)Cl. The van der Waals surface area contributed by atoms with E-state index in [2.05, 4.69) is 9.72 Å². The Kier molecular flexibility index (Phi) is 4.14. The van der Waals surface area contributed by atoms with Crippen LogP contribution in [0.2, 0.25) is 0 Å². The zero-order valence-corrected chi connectivity index (χ0v) is 11.8. The molecule has 0 aliphatic carbocycles. The topological polar surface area (TPSA) is 56.3 Å². The monoisotopic (exact) mass is 401 g/mol. The fourth-order valence-electron chi connectivity index (χ4n) is 0.984. The summed E-state index contributed by atoms with van der Waals surface area (Å²) in [5.74, 6) is -0.706. The van der Waals surface area contributed by atoms with Gasteiger partial charge in [-0.3, -0.25) is 0 Å². The first-order valence-corrected chi connectivity index (χ1v) is 7.27. The molecule has 0 amide bonds. The molecule has 0 aliphatic rings. The van der Waals surface area contributed by atoms with Gasteiger partial charge in [0.25, 0.3) is 9.05 Å². The Morgan fingerprint density at radius 1 is 1.47 bits per heavy atom. The number of aryl methyl sites for hydroxylation is 1. The molecule has 0 bridgehead atoms. The highest BCUT2D eigenvalue weighted by Crippen LogP contribution is 2.31. The van der Waals surface area contributed by atoms with Crippen molar-refractivity contribution in [2.45, 2.75) is 18.2 Å². The lowest BCUT2D eigenvalue weighted by molar-refractivity contribution is -0.275. The van der Waals surface area contributed by atoms with Gasteiger partial charge in [-0.25, -0.2) is 13.4 Å². The van der Waals surface area contributed by atoms with Crippen LogP contribution in [0.25, 0.3) is 0 Å². The predicted octanol–water partition coefficient (Wildman–Crippen LogP) is 2.82. The Morgan fingerprint density at radius 2 is 2.00 bits per heavy atom. The number of pyridine rings is 1. The zero-order valence-electron chi connectivity index (χ0n) is 8.05. The Morgan fingerprint density at radius 3 is 2.41 bits per heavy atom. The highest BCUT2D eigenvalue weighted by atomic mass is 127. The van der Waals surface area contributed by atoms with Gasteiger partial charge in [0.05, 0.1) is 5.69 Å². The number of alkyl halides is 3. The summed E-state index contributed by atoms with van der Waals surface area (Å²) in [5.41, 5.74) is -0.000996. The Labute approximate surface area is 113 Å². The van der Waals surface area contributed by atoms with Gasteiger partial charge in [0.1, 0.15) is 8.60 Å². The van der Waals surface area contributed by atoms with E-state index < -0.39 is 26.1 Å². The number of aromatic nitrogens is 1. The van der Waals surface area contributed by atoms with Crippen molar-refractivity contribution >= 4 is 42.3 Å². The molecular weight excluding hydrogens is 397 g/mol. The lowest BCUT2D eigenvalue weighted by Gasteiger charge is -2.11. The van der Waals surface area contributed by atoms with Crippen LogP contribution in [0.5, 0.6) is 5.75 Å². The van der Waals surface area contributed by atoms with E-state index in [0.29, 0.717) is 6.07 Å². The summed E-state index contributed by atoms with van der Waals surface area (Å²) in [6.07, 6.45) is -4.93. The van der Waals surface area contributed by atoms with Gasteiger partial charge in [-0.2, -0.15) is 0 Å². The van der Waals surface area contributed by atoms with Crippen LogP contribution in [0, 0.1) is 10.6 Å². The van der Waals surface area contributed by atoms with Gasteiger partial charge in [0, 0.05) is 16.7 Å². The molecule has 1 aromatic rings. The van der Waals surface area contributed by atoms with Crippen LogP contribution in [0.4, 0.5) is 13.2 Å². The number of hydrogen-bond acceptors (Lipinski definition) is 4. The molecule has 0 saturated carbocycles. The molecule has 0 radical (unpaired) electrons. The zero-order chi connectivity index (χ0) is 13.4. The Hall–Kier alpha value is -0.290. The van der Waals surface area contributed by atoms with Crippen LogP contribution in [-0.2, 0) is 9.05 Å². The second kappa shape index (κ2) is 4.76. The van der Waals surface area contributed by atoms with E-state index in [1.54, 1.807) is 0 Å². The summed E-state index contributed by atoms with van der Waals surface area (Å²) in [7, 11) is 0.883. The molecule has 1 heterocycles. The summed E-state index contributed by atoms with van der Waals surface area (Å²) in [6.45, 7) is 1.31. The number of rotatable bonds is 2. The molecule has 0 saturated heterocycles. The number of halogens is 5. The molecule has 0 aliphatic heterocycles. The van der Waals surface area contributed by atoms with Crippen LogP contribution >= 0.6 is 33.3 Å². The van der Waals surface area contributed by atoms with Crippen molar-refractivity contribution in [2.24, 2.45) is 0 Å². The van der Waals surface area contributed by atoms with E-state index in [1.165, 1.54) is 29.5 Å². The van der Waals surface area contributed by atoms with E-state index in [0.717, 1.165) is 0 Å². The molecular formula is C7H4ClF3INO3S. The van der Waals surface area contributed by atoms with E-state index in [9.17, 15) is 21.6 Å². The van der Waals surface area contributed by atoms with Crippen molar-refractivity contribution in [3.63, 3.8) is 0 Å². The normalized spacial score (nSPS) is 12.6. The number of hydrogen-bond donors (Lipinski definition) is 0. The molecule has 0 spiro atoms. The second-order valence-electron chi connectivity index (χ2n) is 2.85. The van der Waals surface area contributed by atoms with Gasteiger partial charge in [-0.1, -0.05) is 0 Å². The van der Waals surface area contributed by atoms with Gasteiger partial charge < -0.3 is 4.74 Å². The molecule has 17 heavy (non-hydrogen) atoms. The minimum atomic E-state index is -4.93. The van der Waals surface area contributed by atoms with E-state index in [4.69, 9.17) is 10.7 Å². The molecule has 1 aromatic heterocycles. The summed E-state index contributed by atoms with van der Waals surface area (Å²) < 4.78 is 61.7. The van der Waals surface area contributed by atoms with Gasteiger partial charge in [-0.15, -0.1) is 13.2 Å². The van der Waals surface area contributed by atoms with Crippen LogP contribution in [0.15, 0.2) is 11.0 Å². The third kappa shape index (κ3) is 4.14. The first kappa shape index (κ1) is 14.8. The van der Waals surface area contributed by atoms with Crippen molar-refractivity contribution in [3.05, 3.63) is 15.5 Å². The van der Waals surface area contributed by atoms with Crippen molar-refractivity contribution in [1.29, 1.82) is 0 Å². The van der Waals surface area contributed by atoms with Gasteiger partial charge >= 0.3 is 6.36 Å². The summed E-state index contributed by atoms with van der Waals surface area (Å²) in [4.78, 5) is 3.11. The van der Waals surface area contributed by atoms with E-state index in [-0.39, 0.29) is 9.39 Å². The molecule has 1 rings (SSSR count). The number of ether oxygens (including phenoxy) is 1. The van der Waals surface area contributed by atoms with Crippen molar-refractivity contribution in [2.75, 3.05) is 0 Å². The van der Waals surface area contributed by atoms with Gasteiger partial charge in [0.2, 0.25) is 0 Å². The second-order valence-corrected chi connectivity index (χ2v) is 6.40. The smallest absolute Gasteiger partial charge is 0.403 e. The minimum Gasteiger partial charge on any atom is -0.403 e. The first-order valence-electron chi connectivity index (χ1n) is 3.88. The average Bonchev–Trinajstić information content (AvgIpc) is 2.05. The van der Waals surface area contributed by atoms with Crippen LogP contribution in [0.1, 0.15) is 5.69 Å². The first-order chi connectivity index (χ1) is 7.50. The predicted molar refractivity (Wildman–Crippen MR) is 61.4 cm³/mol. The molecule has 0 fully saturated rings. The Bertz CT molecular complexity index is 546. The molecule has 0 aromatic carbocycles. The van der Waals surface area contributed by atoms with Gasteiger partial charge in [0.15, 0.2) is 5.75 Å². The van der Waals surface area contributed by atoms with Crippen LogP contribution in [0.3, 0.4) is 0 Å². The highest BCUT2D eigenvalue weighted by Gasteiger charge is 2.33. The highest BCUT2D eigenvalue weighted by molar-refractivity contribution is 14.1. The van der Waals surface area contributed by atoms with Crippen molar-refractivity contribution in [3.8, 4) is 5.75 Å². The fraction of sp³-hybridized carbons (Fsp3) is 0.286. The van der Waals surface area contributed by atoms with E-state index in [1.807, 2.05) is 0 Å². The molecule has 0 atom stereocenters. The third-order valence-corrected chi connectivity index (χ3v) is 3.79. The maximum absolute atomic E-state index is 12.0. The van der Waals surface area contributed by atoms with E-state index >= 15 is 0 Å². The fourth-order valence-corrected chi connectivity index (χ4v) is 2.73. The third-order valence-electron chi connectivity index (χ3n) is 1.58. The van der Waals surface area contributed by atoms with Crippen LogP contribution in [-0.4, -0.2) is 19.8 Å². The number of nitrogens with zero attached hydrogens (tertiary/aromatic N) is 1. The molecule has 0 unspecified atom stereocenters. The molecule has 10 heteroatoms. The summed E-state index contributed by atoms with van der Waals surface area (Å²) >= 11 is 1.50. The van der Waals surface area contributed by atoms with Crippen molar-refractivity contribution in [1.82, 2.24) is 4.98 Å². The molecule has 4 nitrogen and oxygen atoms in total. The molecule has 0 N–H and O–H groups in total. The maximum Gasteiger partial charge on any atom is 0.573 e. The quantitative estimate of drug-likeness (QED) is 0.434. The average molecular weight is 402 g/mol. The lowest BCUT2D eigenvalue weighted by atomic mass is 10.4. The van der Waals surface area contributed by atoms with Gasteiger partial charge in [-0.05, 0) is 29.5 Å². The van der Waals surface area contributed by atoms with Crippen LogP contribution < -0.4 is 4.74 Å². The van der Waals surface area contributed by atoms with Crippen molar-refractivity contribution < 1.29 is 26.3 Å². The maximum atomic E-state index is 12.0. The molecule has 96 valence electrons. The Balaban J connectivity index is 3.35. The minimum absolute atomic E-state index is 0.000996. The summed E-state index contributed by atoms with van der Waals surface area (Å²) in [6, 6.07) is 0.694. The lowest BCUT2D eigenvalue weighted by Crippen LogP contribution is -2.18.